The fourth-order valence-electron chi connectivity index (χ4n) is 3.01. The largest absolute Gasteiger partial charge is 0.366 e. The van der Waals surface area contributed by atoms with Crippen molar-refractivity contribution in [3.8, 4) is 0 Å². The number of hydrogen-bond acceptors (Lipinski definition) is 4. The molecule has 0 radical (unpaired) electrons. The Morgan fingerprint density at radius 3 is 2.14 bits per heavy atom. The highest BCUT2D eigenvalue weighted by molar-refractivity contribution is 5.92. The Balaban J connectivity index is 1.52. The Hall–Kier alpha value is -1.65. The third kappa shape index (κ3) is 3.93. The summed E-state index contributed by atoms with van der Waals surface area (Å²) in [5.41, 5.74) is 0. The van der Waals surface area contributed by atoms with Crippen LogP contribution in [0.15, 0.2) is 12.1 Å². The first kappa shape index (κ1) is 14.3. The Bertz CT molecular complexity index is 462. The van der Waals surface area contributed by atoms with Gasteiger partial charge in [-0.3, -0.25) is 4.79 Å². The number of amides is 1. The molecule has 5 nitrogen and oxygen atoms in total. The van der Waals surface area contributed by atoms with Gasteiger partial charge in [0.05, 0.1) is 0 Å². The fraction of sp³-hybridized carbons (Fsp3) is 0.688. The van der Waals surface area contributed by atoms with E-state index in [1.807, 2.05) is 12.1 Å². The first-order valence-corrected chi connectivity index (χ1v) is 8.22. The normalized spacial score (nSPS) is 20.4. The summed E-state index contributed by atoms with van der Waals surface area (Å²) in [6.45, 7) is 0. The highest BCUT2D eigenvalue weighted by Gasteiger charge is 2.25. The number of hydrogen-bond donors (Lipinski definition) is 2. The van der Waals surface area contributed by atoms with E-state index >= 15 is 0 Å². The molecular formula is C16H24N4O. The van der Waals surface area contributed by atoms with Gasteiger partial charge < -0.3 is 10.6 Å². The van der Waals surface area contributed by atoms with E-state index in [1.165, 1.54) is 38.5 Å². The molecule has 3 rings (SSSR count). The van der Waals surface area contributed by atoms with Crippen LogP contribution in [0.4, 0.5) is 11.6 Å². The highest BCUT2D eigenvalue weighted by atomic mass is 16.2. The molecule has 1 amide bonds. The molecule has 1 aromatic heterocycles. The van der Waals surface area contributed by atoms with E-state index < -0.39 is 0 Å². The average molecular weight is 288 g/mol. The number of anilines is 2. The fourth-order valence-corrected chi connectivity index (χ4v) is 3.01. The maximum Gasteiger partial charge on any atom is 0.228 e. The van der Waals surface area contributed by atoms with Crippen LogP contribution in [0.25, 0.3) is 0 Å². The predicted molar refractivity (Wildman–Crippen MR) is 83.1 cm³/mol. The van der Waals surface area contributed by atoms with Gasteiger partial charge >= 0.3 is 0 Å². The topological polar surface area (TPSA) is 66.9 Å². The average Bonchev–Trinajstić information content (AvgIpc) is 2.67. The number of nitrogens with zero attached hydrogens (tertiary/aromatic N) is 2. The van der Waals surface area contributed by atoms with Gasteiger partial charge in [0.2, 0.25) is 5.91 Å². The molecular weight excluding hydrogens is 264 g/mol. The molecule has 2 fully saturated rings. The highest BCUT2D eigenvalue weighted by Crippen LogP contribution is 2.27. The second kappa shape index (κ2) is 6.87. The van der Waals surface area contributed by atoms with Crippen molar-refractivity contribution in [3.63, 3.8) is 0 Å². The lowest BCUT2D eigenvalue weighted by molar-refractivity contribution is -0.122. The van der Waals surface area contributed by atoms with Crippen molar-refractivity contribution in [2.75, 3.05) is 10.6 Å². The lowest BCUT2D eigenvalue weighted by Crippen LogP contribution is -2.28. The van der Waals surface area contributed by atoms with Crippen LogP contribution < -0.4 is 10.6 Å². The molecule has 2 aliphatic rings. The molecule has 0 aromatic carbocycles. The summed E-state index contributed by atoms with van der Waals surface area (Å²) in [5.74, 6) is 1.62. The zero-order valence-corrected chi connectivity index (χ0v) is 12.5. The SMILES string of the molecule is O=C(Nc1ccc(NC2CCCCCC2)nn1)C1CCC1. The van der Waals surface area contributed by atoms with Crippen LogP contribution in [0, 0.1) is 5.92 Å². The predicted octanol–water partition coefficient (Wildman–Crippen LogP) is 3.35. The molecule has 1 aromatic rings. The smallest absolute Gasteiger partial charge is 0.228 e. The van der Waals surface area contributed by atoms with Crippen LogP contribution in [0.2, 0.25) is 0 Å². The van der Waals surface area contributed by atoms with Crippen molar-refractivity contribution in [2.24, 2.45) is 5.92 Å². The Kier molecular flexibility index (Phi) is 4.68. The van der Waals surface area contributed by atoms with Gasteiger partial charge in [-0.05, 0) is 37.8 Å². The van der Waals surface area contributed by atoms with Crippen LogP contribution >= 0.6 is 0 Å². The Labute approximate surface area is 125 Å². The molecule has 21 heavy (non-hydrogen) atoms. The maximum atomic E-state index is 11.8. The van der Waals surface area contributed by atoms with E-state index in [9.17, 15) is 4.79 Å². The lowest BCUT2D eigenvalue weighted by Gasteiger charge is -2.23. The van der Waals surface area contributed by atoms with Crippen LogP contribution in [-0.4, -0.2) is 22.1 Å². The quantitative estimate of drug-likeness (QED) is 0.834. The Morgan fingerprint density at radius 1 is 0.905 bits per heavy atom. The van der Waals surface area contributed by atoms with Gasteiger partial charge in [0.25, 0.3) is 0 Å². The van der Waals surface area contributed by atoms with Gasteiger partial charge in [-0.1, -0.05) is 32.1 Å². The molecule has 2 aliphatic carbocycles. The molecule has 0 spiro atoms. The van der Waals surface area contributed by atoms with Crippen LogP contribution in [0.5, 0.6) is 0 Å². The second-order valence-corrected chi connectivity index (χ2v) is 6.25. The van der Waals surface area contributed by atoms with E-state index in [4.69, 9.17) is 0 Å². The summed E-state index contributed by atoms with van der Waals surface area (Å²) in [5, 5.41) is 14.6. The summed E-state index contributed by atoms with van der Waals surface area (Å²) >= 11 is 0. The first-order chi connectivity index (χ1) is 10.3. The van der Waals surface area contributed by atoms with Crippen molar-refractivity contribution in [1.29, 1.82) is 0 Å². The molecule has 2 N–H and O–H groups in total. The Morgan fingerprint density at radius 2 is 1.57 bits per heavy atom. The lowest BCUT2D eigenvalue weighted by atomic mass is 9.85. The number of aromatic nitrogens is 2. The van der Waals surface area contributed by atoms with Crippen molar-refractivity contribution in [2.45, 2.75) is 63.8 Å². The first-order valence-electron chi connectivity index (χ1n) is 8.22. The van der Waals surface area contributed by atoms with E-state index in [0.29, 0.717) is 11.9 Å². The summed E-state index contributed by atoms with van der Waals surface area (Å²) < 4.78 is 0. The second-order valence-electron chi connectivity index (χ2n) is 6.25. The van der Waals surface area contributed by atoms with Gasteiger partial charge in [0, 0.05) is 12.0 Å². The third-order valence-electron chi connectivity index (χ3n) is 4.60. The minimum atomic E-state index is 0.0834. The van der Waals surface area contributed by atoms with Crippen LogP contribution in [0.3, 0.4) is 0 Å². The summed E-state index contributed by atoms with van der Waals surface area (Å²) in [7, 11) is 0. The number of rotatable bonds is 4. The molecule has 5 heteroatoms. The molecule has 114 valence electrons. The molecule has 1 heterocycles. The summed E-state index contributed by atoms with van der Waals surface area (Å²) in [6.07, 6.45) is 10.9. The van der Waals surface area contributed by atoms with Crippen molar-refractivity contribution < 1.29 is 4.79 Å². The van der Waals surface area contributed by atoms with E-state index in [2.05, 4.69) is 20.8 Å². The van der Waals surface area contributed by atoms with Gasteiger partial charge in [-0.25, -0.2) is 0 Å². The van der Waals surface area contributed by atoms with Gasteiger partial charge in [0.1, 0.15) is 5.82 Å². The standard InChI is InChI=1S/C16H24N4O/c21-16(12-6-5-7-12)18-15-11-10-14(19-20-15)17-13-8-3-1-2-4-9-13/h10-13H,1-9H2,(H,17,19)(H,18,20,21). The maximum absolute atomic E-state index is 11.8. The van der Waals surface area contributed by atoms with E-state index in [1.54, 1.807) is 0 Å². The molecule has 0 aliphatic heterocycles. The molecule has 0 bridgehead atoms. The third-order valence-corrected chi connectivity index (χ3v) is 4.60. The number of carbonyl (C=O) groups is 1. The van der Waals surface area contributed by atoms with E-state index in [0.717, 1.165) is 25.1 Å². The molecule has 0 saturated heterocycles. The van der Waals surface area contributed by atoms with Crippen LogP contribution in [-0.2, 0) is 4.79 Å². The molecule has 0 unspecified atom stereocenters. The monoisotopic (exact) mass is 288 g/mol. The van der Waals surface area contributed by atoms with Gasteiger partial charge in [-0.15, -0.1) is 10.2 Å². The zero-order valence-electron chi connectivity index (χ0n) is 12.5. The molecule has 2 saturated carbocycles. The van der Waals surface area contributed by atoms with Crippen LogP contribution in [0.1, 0.15) is 57.8 Å². The zero-order chi connectivity index (χ0) is 14.5. The van der Waals surface area contributed by atoms with Crippen molar-refractivity contribution in [3.05, 3.63) is 12.1 Å². The minimum Gasteiger partial charge on any atom is -0.366 e. The molecule has 0 atom stereocenters. The summed E-state index contributed by atoms with van der Waals surface area (Å²) in [6, 6.07) is 4.26. The van der Waals surface area contributed by atoms with Gasteiger partial charge in [-0.2, -0.15) is 0 Å². The summed E-state index contributed by atoms with van der Waals surface area (Å²) in [4.78, 5) is 11.8. The van der Waals surface area contributed by atoms with Gasteiger partial charge in [0.15, 0.2) is 5.82 Å². The number of nitrogens with one attached hydrogen (secondary N) is 2. The number of carbonyl (C=O) groups excluding carboxylic acids is 1. The van der Waals surface area contributed by atoms with E-state index in [-0.39, 0.29) is 11.8 Å². The van der Waals surface area contributed by atoms with Crippen molar-refractivity contribution in [1.82, 2.24) is 10.2 Å². The minimum absolute atomic E-state index is 0.0834. The van der Waals surface area contributed by atoms with Crippen molar-refractivity contribution >= 4 is 17.5 Å².